The lowest BCUT2D eigenvalue weighted by Crippen LogP contribution is -2.07. The van der Waals surface area contributed by atoms with E-state index < -0.39 is 0 Å². The highest BCUT2D eigenvalue weighted by Gasteiger charge is 2.12. The summed E-state index contributed by atoms with van der Waals surface area (Å²) in [4.78, 5) is 15.2. The number of nitrogens with zero attached hydrogens (tertiary/aromatic N) is 2. The number of hydrogen-bond acceptors (Lipinski definition) is 3. The van der Waals surface area contributed by atoms with Gasteiger partial charge < -0.3 is 4.74 Å². The lowest BCUT2D eigenvalue weighted by Gasteiger charge is -2.05. The van der Waals surface area contributed by atoms with E-state index in [4.69, 9.17) is 4.74 Å². The van der Waals surface area contributed by atoms with E-state index in [-0.39, 0.29) is 6.10 Å². The Morgan fingerprint density at radius 3 is 2.93 bits per heavy atom. The van der Waals surface area contributed by atoms with Crippen molar-refractivity contribution >= 4 is 11.9 Å². The Morgan fingerprint density at radius 1 is 1.47 bits per heavy atom. The first-order valence-electron chi connectivity index (χ1n) is 4.81. The highest BCUT2D eigenvalue weighted by Crippen LogP contribution is 2.18. The number of hydrogen-bond donors (Lipinski definition) is 0. The Kier molecular flexibility index (Phi) is 2.41. The molecule has 2 heterocycles. The molecule has 0 aliphatic rings. The minimum absolute atomic E-state index is 0.00797. The van der Waals surface area contributed by atoms with Crippen LogP contribution in [0.1, 0.15) is 24.3 Å². The number of aromatic nitrogens is 2. The Morgan fingerprint density at radius 2 is 2.27 bits per heavy atom. The van der Waals surface area contributed by atoms with Gasteiger partial charge in [-0.1, -0.05) is 6.07 Å². The van der Waals surface area contributed by atoms with Crippen LogP contribution >= 0.6 is 0 Å². The topological polar surface area (TPSA) is 43.6 Å². The zero-order valence-corrected chi connectivity index (χ0v) is 8.68. The predicted molar refractivity (Wildman–Crippen MR) is 56.3 cm³/mol. The maximum atomic E-state index is 10.9. The molecule has 0 unspecified atom stereocenters. The largest absolute Gasteiger partial charge is 0.473 e. The minimum atomic E-state index is 0.00797. The number of ether oxygens (including phenoxy) is 1. The number of pyridine rings is 1. The molecule has 0 saturated heterocycles. The fourth-order valence-corrected chi connectivity index (χ4v) is 1.41. The predicted octanol–water partition coefficient (Wildman–Crippen LogP) is 1.93. The van der Waals surface area contributed by atoms with Crippen LogP contribution in [0.25, 0.3) is 5.65 Å². The van der Waals surface area contributed by atoms with Crippen molar-refractivity contribution in [2.24, 2.45) is 0 Å². The van der Waals surface area contributed by atoms with E-state index in [1.54, 1.807) is 10.6 Å². The monoisotopic (exact) mass is 204 g/mol. The van der Waals surface area contributed by atoms with Crippen LogP contribution in [-0.2, 0) is 0 Å². The van der Waals surface area contributed by atoms with E-state index >= 15 is 0 Å². The molecule has 2 aromatic heterocycles. The third-order valence-electron chi connectivity index (χ3n) is 1.99. The Hall–Kier alpha value is -1.84. The van der Waals surface area contributed by atoms with Gasteiger partial charge in [-0.05, 0) is 26.0 Å². The summed E-state index contributed by atoms with van der Waals surface area (Å²) in [5.41, 5.74) is 1.18. The SMILES string of the molecule is CC(C)Oc1nc2ccccn2c1C=O. The van der Waals surface area contributed by atoms with Gasteiger partial charge in [-0.15, -0.1) is 0 Å². The molecule has 0 bridgehead atoms. The van der Waals surface area contributed by atoms with E-state index in [1.165, 1.54) is 0 Å². The first kappa shape index (κ1) is 9.71. The normalized spacial score (nSPS) is 10.9. The van der Waals surface area contributed by atoms with Gasteiger partial charge >= 0.3 is 0 Å². The third kappa shape index (κ3) is 1.70. The maximum absolute atomic E-state index is 10.9. The fraction of sp³-hybridized carbons (Fsp3) is 0.273. The molecule has 0 N–H and O–H groups in total. The molecular weight excluding hydrogens is 192 g/mol. The Labute approximate surface area is 87.5 Å². The van der Waals surface area contributed by atoms with Crippen molar-refractivity contribution in [2.75, 3.05) is 0 Å². The lowest BCUT2D eigenvalue weighted by molar-refractivity contribution is 0.111. The highest BCUT2D eigenvalue weighted by molar-refractivity contribution is 5.78. The molecule has 2 rings (SSSR count). The van der Waals surface area contributed by atoms with Crippen LogP contribution in [0.5, 0.6) is 5.88 Å². The van der Waals surface area contributed by atoms with Gasteiger partial charge in [0.15, 0.2) is 6.29 Å². The summed E-state index contributed by atoms with van der Waals surface area (Å²) >= 11 is 0. The van der Waals surface area contributed by atoms with Crippen molar-refractivity contribution in [2.45, 2.75) is 20.0 Å². The number of imidazole rings is 1. The molecular formula is C11H12N2O2. The first-order valence-corrected chi connectivity index (χ1v) is 4.81. The molecule has 0 amide bonds. The molecule has 0 saturated carbocycles. The number of carbonyl (C=O) groups is 1. The molecule has 0 aliphatic heterocycles. The second-order valence-electron chi connectivity index (χ2n) is 3.52. The molecule has 0 spiro atoms. The standard InChI is InChI=1S/C11H12N2O2/c1-8(2)15-11-9(7-14)13-6-4-3-5-10(13)12-11/h3-8H,1-2H3. The summed E-state index contributed by atoms with van der Waals surface area (Å²) in [5, 5.41) is 0. The summed E-state index contributed by atoms with van der Waals surface area (Å²) < 4.78 is 7.17. The maximum Gasteiger partial charge on any atom is 0.244 e. The second-order valence-corrected chi connectivity index (χ2v) is 3.52. The average molecular weight is 204 g/mol. The Bertz CT molecular complexity index is 488. The van der Waals surface area contributed by atoms with Crippen LogP contribution in [0.4, 0.5) is 0 Å². The Balaban J connectivity index is 2.58. The van der Waals surface area contributed by atoms with Crippen molar-refractivity contribution in [1.82, 2.24) is 9.38 Å². The van der Waals surface area contributed by atoms with Crippen molar-refractivity contribution in [3.05, 3.63) is 30.1 Å². The van der Waals surface area contributed by atoms with E-state index in [9.17, 15) is 4.79 Å². The first-order chi connectivity index (χ1) is 7.22. The van der Waals surface area contributed by atoms with Gasteiger partial charge in [0.05, 0.1) is 6.10 Å². The average Bonchev–Trinajstić information content (AvgIpc) is 2.53. The zero-order chi connectivity index (χ0) is 10.8. The van der Waals surface area contributed by atoms with Crippen LogP contribution in [0, 0.1) is 0 Å². The summed E-state index contributed by atoms with van der Waals surface area (Å²) in [5.74, 6) is 0.395. The summed E-state index contributed by atoms with van der Waals surface area (Å²) in [6.45, 7) is 3.80. The number of aldehydes is 1. The zero-order valence-electron chi connectivity index (χ0n) is 8.68. The van der Waals surface area contributed by atoms with Crippen molar-refractivity contribution < 1.29 is 9.53 Å². The van der Waals surface area contributed by atoms with Gasteiger partial charge in [-0.25, -0.2) is 0 Å². The fourth-order valence-electron chi connectivity index (χ4n) is 1.41. The van der Waals surface area contributed by atoms with Crippen LogP contribution < -0.4 is 4.74 Å². The molecule has 0 aliphatic carbocycles. The highest BCUT2D eigenvalue weighted by atomic mass is 16.5. The van der Waals surface area contributed by atoms with Gasteiger partial charge in [-0.3, -0.25) is 9.20 Å². The molecule has 4 heteroatoms. The van der Waals surface area contributed by atoms with Crippen LogP contribution in [0.15, 0.2) is 24.4 Å². The van der Waals surface area contributed by atoms with Gasteiger partial charge in [-0.2, -0.15) is 4.98 Å². The van der Waals surface area contributed by atoms with Gasteiger partial charge in [0, 0.05) is 6.20 Å². The molecule has 0 radical (unpaired) electrons. The molecule has 0 atom stereocenters. The lowest BCUT2D eigenvalue weighted by atomic mass is 10.4. The van der Waals surface area contributed by atoms with E-state index in [0.29, 0.717) is 11.6 Å². The van der Waals surface area contributed by atoms with Crippen molar-refractivity contribution in [3.8, 4) is 5.88 Å². The number of carbonyl (C=O) groups excluding carboxylic acids is 1. The van der Waals surface area contributed by atoms with E-state index in [0.717, 1.165) is 11.9 Å². The van der Waals surface area contributed by atoms with E-state index in [2.05, 4.69) is 4.98 Å². The summed E-state index contributed by atoms with van der Waals surface area (Å²) in [7, 11) is 0. The van der Waals surface area contributed by atoms with Gasteiger partial charge in [0.25, 0.3) is 0 Å². The molecule has 0 fully saturated rings. The van der Waals surface area contributed by atoms with Crippen LogP contribution in [0.3, 0.4) is 0 Å². The summed E-state index contributed by atoms with van der Waals surface area (Å²) in [6.07, 6.45) is 2.56. The second kappa shape index (κ2) is 3.73. The molecule has 4 nitrogen and oxygen atoms in total. The minimum Gasteiger partial charge on any atom is -0.473 e. The molecule has 2 aromatic rings. The van der Waals surface area contributed by atoms with Crippen LogP contribution in [0.2, 0.25) is 0 Å². The quantitative estimate of drug-likeness (QED) is 0.717. The smallest absolute Gasteiger partial charge is 0.244 e. The number of fused-ring (bicyclic) bond motifs is 1. The molecule has 15 heavy (non-hydrogen) atoms. The molecule has 78 valence electrons. The molecule has 0 aromatic carbocycles. The van der Waals surface area contributed by atoms with Crippen molar-refractivity contribution in [1.29, 1.82) is 0 Å². The third-order valence-corrected chi connectivity index (χ3v) is 1.99. The van der Waals surface area contributed by atoms with Crippen LogP contribution in [-0.4, -0.2) is 21.8 Å². The van der Waals surface area contributed by atoms with Crippen molar-refractivity contribution in [3.63, 3.8) is 0 Å². The van der Waals surface area contributed by atoms with Gasteiger partial charge in [0.2, 0.25) is 5.88 Å². The number of rotatable bonds is 3. The summed E-state index contributed by atoms with van der Waals surface area (Å²) in [6, 6.07) is 5.55. The van der Waals surface area contributed by atoms with Gasteiger partial charge in [0.1, 0.15) is 11.3 Å². The van der Waals surface area contributed by atoms with E-state index in [1.807, 2.05) is 32.0 Å².